The molecule has 0 amide bonds. The Morgan fingerprint density at radius 1 is 1.33 bits per heavy atom. The van der Waals surface area contributed by atoms with Crippen molar-refractivity contribution in [2.24, 2.45) is 10.9 Å². The van der Waals surface area contributed by atoms with Crippen molar-refractivity contribution < 1.29 is 5.21 Å². The Bertz CT molecular complexity index is 445. The molecule has 3 nitrogen and oxygen atoms in total. The highest BCUT2D eigenvalue weighted by Gasteiger charge is 2.15. The van der Waals surface area contributed by atoms with Crippen LogP contribution in [0.5, 0.6) is 0 Å². The van der Waals surface area contributed by atoms with Crippen LogP contribution in [0.4, 0.5) is 0 Å². The van der Waals surface area contributed by atoms with Crippen LogP contribution in [-0.4, -0.2) is 16.3 Å². The molecule has 2 rings (SSSR count). The van der Waals surface area contributed by atoms with E-state index in [0.717, 1.165) is 4.90 Å². The van der Waals surface area contributed by atoms with E-state index in [1.165, 1.54) is 32.1 Å². The molecule has 0 aliphatic heterocycles. The molecule has 1 aliphatic rings. The lowest BCUT2D eigenvalue weighted by Gasteiger charge is -2.21. The predicted molar refractivity (Wildman–Crippen MR) is 76.7 cm³/mol. The predicted octanol–water partition coefficient (Wildman–Crippen LogP) is 3.86. The number of oxime groups is 1. The van der Waals surface area contributed by atoms with Gasteiger partial charge in [-0.3, -0.25) is 0 Å². The maximum atomic E-state index is 8.64. The first-order chi connectivity index (χ1) is 8.70. The van der Waals surface area contributed by atoms with Crippen LogP contribution in [0.2, 0.25) is 5.02 Å². The first kappa shape index (κ1) is 13.6. The number of amidine groups is 1. The van der Waals surface area contributed by atoms with Crippen LogP contribution in [0, 0.1) is 0 Å². The topological polar surface area (TPSA) is 58.6 Å². The highest BCUT2D eigenvalue weighted by atomic mass is 35.5. The number of benzene rings is 1. The van der Waals surface area contributed by atoms with E-state index in [4.69, 9.17) is 22.5 Å². The quantitative estimate of drug-likeness (QED) is 0.383. The van der Waals surface area contributed by atoms with Gasteiger partial charge in [-0.25, -0.2) is 0 Å². The van der Waals surface area contributed by atoms with Crippen LogP contribution in [0.1, 0.15) is 37.7 Å². The lowest BCUT2D eigenvalue weighted by atomic mass is 10.0. The maximum absolute atomic E-state index is 8.64. The van der Waals surface area contributed by atoms with E-state index in [9.17, 15) is 0 Å². The molecule has 0 radical (unpaired) electrons. The summed E-state index contributed by atoms with van der Waals surface area (Å²) < 4.78 is 0. The lowest BCUT2D eigenvalue weighted by molar-refractivity contribution is 0.318. The Balaban J connectivity index is 2.08. The zero-order valence-electron chi connectivity index (χ0n) is 10.1. The summed E-state index contributed by atoms with van der Waals surface area (Å²) in [7, 11) is 0. The van der Waals surface area contributed by atoms with Crippen LogP contribution in [0.25, 0.3) is 0 Å². The minimum Gasteiger partial charge on any atom is -0.409 e. The summed E-state index contributed by atoms with van der Waals surface area (Å²) in [6.45, 7) is 0. The van der Waals surface area contributed by atoms with Gasteiger partial charge in [0.1, 0.15) is 0 Å². The van der Waals surface area contributed by atoms with E-state index >= 15 is 0 Å². The van der Waals surface area contributed by atoms with E-state index in [1.807, 2.05) is 30.0 Å². The number of rotatable bonds is 3. The van der Waals surface area contributed by atoms with Gasteiger partial charge >= 0.3 is 0 Å². The van der Waals surface area contributed by atoms with E-state index in [0.29, 0.717) is 15.8 Å². The van der Waals surface area contributed by atoms with Crippen molar-refractivity contribution in [2.75, 3.05) is 0 Å². The van der Waals surface area contributed by atoms with Crippen molar-refractivity contribution in [3.05, 3.63) is 28.8 Å². The Hall–Kier alpha value is -0.870. The highest BCUT2D eigenvalue weighted by Crippen LogP contribution is 2.35. The third-order valence-corrected chi connectivity index (χ3v) is 4.82. The molecule has 1 saturated carbocycles. The SMILES string of the molecule is NC(=NO)c1ccc(SC2CCCCC2)cc1Cl. The van der Waals surface area contributed by atoms with Gasteiger partial charge < -0.3 is 10.9 Å². The number of nitrogens with zero attached hydrogens (tertiary/aromatic N) is 1. The molecular formula is C13H17ClN2OS. The molecule has 0 heterocycles. The molecular weight excluding hydrogens is 268 g/mol. The molecule has 0 atom stereocenters. The van der Waals surface area contributed by atoms with E-state index in [1.54, 1.807) is 0 Å². The lowest BCUT2D eigenvalue weighted by Crippen LogP contribution is -2.13. The zero-order chi connectivity index (χ0) is 13.0. The zero-order valence-corrected chi connectivity index (χ0v) is 11.7. The van der Waals surface area contributed by atoms with Crippen molar-refractivity contribution in [1.29, 1.82) is 0 Å². The van der Waals surface area contributed by atoms with Gasteiger partial charge in [-0.15, -0.1) is 11.8 Å². The Labute approximate surface area is 116 Å². The van der Waals surface area contributed by atoms with Gasteiger partial charge in [-0.05, 0) is 31.0 Å². The van der Waals surface area contributed by atoms with Crippen molar-refractivity contribution in [3.63, 3.8) is 0 Å². The highest BCUT2D eigenvalue weighted by molar-refractivity contribution is 8.00. The van der Waals surface area contributed by atoms with Crippen LogP contribution in [0.15, 0.2) is 28.3 Å². The van der Waals surface area contributed by atoms with Gasteiger partial charge in [0, 0.05) is 15.7 Å². The van der Waals surface area contributed by atoms with Crippen molar-refractivity contribution in [1.82, 2.24) is 0 Å². The van der Waals surface area contributed by atoms with E-state index < -0.39 is 0 Å². The molecule has 98 valence electrons. The van der Waals surface area contributed by atoms with Crippen molar-refractivity contribution in [3.8, 4) is 0 Å². The normalized spacial score (nSPS) is 17.9. The smallest absolute Gasteiger partial charge is 0.171 e. The summed E-state index contributed by atoms with van der Waals surface area (Å²) in [6, 6.07) is 5.69. The molecule has 0 unspecified atom stereocenters. The summed E-state index contributed by atoms with van der Waals surface area (Å²) in [5.74, 6) is 0.0502. The summed E-state index contributed by atoms with van der Waals surface area (Å²) in [5, 5.41) is 12.8. The van der Waals surface area contributed by atoms with Crippen molar-refractivity contribution >= 4 is 29.2 Å². The minimum atomic E-state index is 0.0502. The largest absolute Gasteiger partial charge is 0.409 e. The second-order valence-corrected chi connectivity index (χ2v) is 6.29. The number of hydrogen-bond donors (Lipinski definition) is 2. The number of nitrogens with two attached hydrogens (primary N) is 1. The summed E-state index contributed by atoms with van der Waals surface area (Å²) in [6.07, 6.45) is 6.58. The summed E-state index contributed by atoms with van der Waals surface area (Å²) >= 11 is 8.01. The molecule has 0 bridgehead atoms. The standard InChI is InChI=1S/C13H17ClN2OS/c14-12-8-10(6-7-11(12)13(15)16-17)18-9-4-2-1-3-5-9/h6-9,17H,1-5H2,(H2,15,16). The second kappa shape index (κ2) is 6.34. The first-order valence-corrected chi connectivity index (χ1v) is 7.40. The number of halogens is 1. The number of hydrogen-bond acceptors (Lipinski definition) is 3. The second-order valence-electron chi connectivity index (χ2n) is 4.50. The molecule has 5 heteroatoms. The Kier molecular flexibility index (Phi) is 4.78. The van der Waals surface area contributed by atoms with Gasteiger partial charge in [-0.2, -0.15) is 0 Å². The van der Waals surface area contributed by atoms with Crippen LogP contribution >= 0.6 is 23.4 Å². The fraction of sp³-hybridized carbons (Fsp3) is 0.462. The fourth-order valence-corrected chi connectivity index (χ4v) is 3.83. The molecule has 0 saturated heterocycles. The molecule has 3 N–H and O–H groups in total. The maximum Gasteiger partial charge on any atom is 0.171 e. The van der Waals surface area contributed by atoms with Gasteiger partial charge in [0.15, 0.2) is 5.84 Å². The minimum absolute atomic E-state index is 0.0502. The van der Waals surface area contributed by atoms with Crippen molar-refractivity contribution in [2.45, 2.75) is 42.2 Å². The summed E-state index contributed by atoms with van der Waals surface area (Å²) in [4.78, 5) is 1.15. The van der Waals surface area contributed by atoms with Gasteiger partial charge in [0.25, 0.3) is 0 Å². The van der Waals surface area contributed by atoms with Crippen LogP contribution in [0.3, 0.4) is 0 Å². The molecule has 0 aromatic heterocycles. The Morgan fingerprint density at radius 2 is 2.06 bits per heavy atom. The third kappa shape index (κ3) is 3.33. The molecule has 1 aromatic carbocycles. The Morgan fingerprint density at radius 3 is 2.67 bits per heavy atom. The molecule has 18 heavy (non-hydrogen) atoms. The molecule has 1 aromatic rings. The van der Waals surface area contributed by atoms with E-state index in [-0.39, 0.29) is 5.84 Å². The van der Waals surface area contributed by atoms with E-state index in [2.05, 4.69) is 5.16 Å². The average Bonchev–Trinajstić information content (AvgIpc) is 2.39. The van der Waals surface area contributed by atoms with Crippen LogP contribution < -0.4 is 5.73 Å². The monoisotopic (exact) mass is 284 g/mol. The van der Waals surface area contributed by atoms with Gasteiger partial charge in [0.2, 0.25) is 0 Å². The molecule has 1 fully saturated rings. The summed E-state index contributed by atoms with van der Waals surface area (Å²) in [5.41, 5.74) is 6.11. The first-order valence-electron chi connectivity index (χ1n) is 6.15. The fourth-order valence-electron chi connectivity index (χ4n) is 2.21. The molecule has 0 spiro atoms. The van der Waals surface area contributed by atoms with Gasteiger partial charge in [-0.1, -0.05) is 36.0 Å². The third-order valence-electron chi connectivity index (χ3n) is 3.18. The number of thioether (sulfide) groups is 1. The van der Waals surface area contributed by atoms with Gasteiger partial charge in [0.05, 0.1) is 5.02 Å². The average molecular weight is 285 g/mol. The molecule has 1 aliphatic carbocycles. The van der Waals surface area contributed by atoms with Crippen LogP contribution in [-0.2, 0) is 0 Å².